The van der Waals surface area contributed by atoms with E-state index in [0.29, 0.717) is 11.8 Å². The van der Waals surface area contributed by atoms with Crippen molar-refractivity contribution in [1.82, 2.24) is 9.78 Å². The molecule has 0 bridgehead atoms. The van der Waals surface area contributed by atoms with Crippen molar-refractivity contribution in [3.8, 4) is 0 Å². The van der Waals surface area contributed by atoms with Crippen LogP contribution in [0.3, 0.4) is 0 Å². The maximum atomic E-state index is 6.90. The van der Waals surface area contributed by atoms with Crippen molar-refractivity contribution < 1.29 is 14.0 Å². The molecule has 2 saturated heterocycles. The van der Waals surface area contributed by atoms with Crippen LogP contribution in [0.25, 0.3) is 10.9 Å². The van der Waals surface area contributed by atoms with E-state index in [9.17, 15) is 0 Å². The van der Waals surface area contributed by atoms with E-state index in [2.05, 4.69) is 40.7 Å². The molecule has 0 spiro atoms. The zero-order valence-electron chi connectivity index (χ0n) is 18.0. The molecule has 1 aromatic heterocycles. The third-order valence-electron chi connectivity index (χ3n) is 7.33. The molecular formula is C22H30BClN2O3. The minimum absolute atomic E-state index is 0.0332. The van der Waals surface area contributed by atoms with E-state index >= 15 is 0 Å². The van der Waals surface area contributed by atoms with Crippen molar-refractivity contribution >= 4 is 35.1 Å². The lowest BCUT2D eigenvalue weighted by molar-refractivity contribution is -0.0366. The van der Waals surface area contributed by atoms with Crippen LogP contribution in [0, 0.1) is 5.92 Å². The van der Waals surface area contributed by atoms with E-state index in [0.717, 1.165) is 53.7 Å². The third-order valence-corrected chi connectivity index (χ3v) is 7.65. The second-order valence-corrected chi connectivity index (χ2v) is 10.3. The summed E-state index contributed by atoms with van der Waals surface area (Å²) in [6, 6.07) is 2.07. The second kappa shape index (κ2) is 6.71. The first-order valence-electron chi connectivity index (χ1n) is 10.9. The summed E-state index contributed by atoms with van der Waals surface area (Å²) in [5, 5.41) is 6.58. The number of nitrogens with zero attached hydrogens (tertiary/aromatic N) is 2. The average molecular weight is 417 g/mol. The highest BCUT2D eigenvalue weighted by Crippen LogP contribution is 2.50. The number of benzene rings is 1. The summed E-state index contributed by atoms with van der Waals surface area (Å²) in [5.41, 5.74) is 2.43. The van der Waals surface area contributed by atoms with Crippen molar-refractivity contribution in [2.24, 2.45) is 5.92 Å². The van der Waals surface area contributed by atoms with Gasteiger partial charge in [0.25, 0.3) is 0 Å². The fraction of sp³-hybridized carbons (Fsp3) is 0.682. The molecule has 1 aromatic carbocycles. The van der Waals surface area contributed by atoms with Crippen molar-refractivity contribution in [2.45, 2.75) is 83.6 Å². The molecule has 156 valence electrons. The molecule has 0 amide bonds. The summed E-state index contributed by atoms with van der Waals surface area (Å²) in [6.07, 6.45) is 6.30. The minimum Gasteiger partial charge on any atom is -0.399 e. The van der Waals surface area contributed by atoms with Gasteiger partial charge in [0.1, 0.15) is 0 Å². The van der Waals surface area contributed by atoms with Crippen LogP contribution in [-0.4, -0.2) is 34.7 Å². The zero-order chi connectivity index (χ0) is 20.6. The van der Waals surface area contributed by atoms with Crippen molar-refractivity contribution in [3.05, 3.63) is 22.8 Å². The van der Waals surface area contributed by atoms with E-state index in [1.165, 1.54) is 5.56 Å². The Bertz CT molecular complexity index is 935. The molecule has 5 nitrogen and oxygen atoms in total. The van der Waals surface area contributed by atoms with Gasteiger partial charge in [0.15, 0.2) is 6.23 Å². The van der Waals surface area contributed by atoms with Crippen LogP contribution in [0.1, 0.15) is 78.0 Å². The van der Waals surface area contributed by atoms with Gasteiger partial charge in [-0.1, -0.05) is 18.5 Å². The minimum atomic E-state index is -0.450. The molecule has 3 aliphatic rings. The zero-order valence-corrected chi connectivity index (χ0v) is 18.8. The third kappa shape index (κ3) is 3.15. The predicted octanol–water partition coefficient (Wildman–Crippen LogP) is 4.81. The average Bonchev–Trinajstić information content (AvgIpc) is 3.14. The highest BCUT2D eigenvalue weighted by molar-refractivity contribution is 6.66. The molecule has 7 heteroatoms. The highest BCUT2D eigenvalue weighted by Gasteiger charge is 2.54. The van der Waals surface area contributed by atoms with Crippen molar-refractivity contribution in [1.29, 1.82) is 0 Å². The number of ether oxygens (including phenoxy) is 1. The molecule has 1 aliphatic carbocycles. The van der Waals surface area contributed by atoms with Crippen LogP contribution < -0.4 is 5.46 Å². The number of hydrogen-bond acceptors (Lipinski definition) is 4. The van der Waals surface area contributed by atoms with Gasteiger partial charge in [0.2, 0.25) is 0 Å². The van der Waals surface area contributed by atoms with Gasteiger partial charge in [-0.3, -0.25) is 0 Å². The molecule has 0 unspecified atom stereocenters. The largest absolute Gasteiger partial charge is 0.495 e. The summed E-state index contributed by atoms with van der Waals surface area (Å²) in [5.74, 6) is 1.08. The maximum absolute atomic E-state index is 6.90. The maximum Gasteiger partial charge on any atom is 0.495 e. The number of halogens is 1. The van der Waals surface area contributed by atoms with Crippen LogP contribution in [0.15, 0.2) is 12.3 Å². The van der Waals surface area contributed by atoms with Gasteiger partial charge < -0.3 is 14.0 Å². The van der Waals surface area contributed by atoms with E-state index in [4.69, 9.17) is 30.7 Å². The van der Waals surface area contributed by atoms with Crippen LogP contribution in [0.5, 0.6) is 0 Å². The summed E-state index contributed by atoms with van der Waals surface area (Å²) < 4.78 is 20.9. The fourth-order valence-electron chi connectivity index (χ4n) is 4.66. The van der Waals surface area contributed by atoms with Gasteiger partial charge >= 0.3 is 7.12 Å². The Morgan fingerprint density at radius 2 is 1.86 bits per heavy atom. The van der Waals surface area contributed by atoms with Crippen molar-refractivity contribution in [2.75, 3.05) is 6.61 Å². The first kappa shape index (κ1) is 19.9. The molecule has 5 rings (SSSR count). The van der Waals surface area contributed by atoms with Crippen LogP contribution in [0.2, 0.25) is 5.02 Å². The molecule has 3 atom stereocenters. The van der Waals surface area contributed by atoms with Gasteiger partial charge in [0.05, 0.1) is 22.9 Å². The lowest BCUT2D eigenvalue weighted by atomic mass is 9.72. The number of hydrogen-bond donors (Lipinski definition) is 0. The molecule has 2 aliphatic heterocycles. The van der Waals surface area contributed by atoms with Crippen LogP contribution in [0.4, 0.5) is 0 Å². The molecule has 3 heterocycles. The lowest BCUT2D eigenvalue weighted by Gasteiger charge is -2.32. The normalized spacial score (nSPS) is 30.8. The van der Waals surface area contributed by atoms with Gasteiger partial charge in [-0.05, 0) is 82.3 Å². The number of aromatic nitrogens is 2. The molecule has 1 saturated carbocycles. The van der Waals surface area contributed by atoms with E-state index < -0.39 is 18.3 Å². The fourth-order valence-corrected chi connectivity index (χ4v) is 5.00. The van der Waals surface area contributed by atoms with Gasteiger partial charge in [0, 0.05) is 17.0 Å². The molecule has 0 radical (unpaired) electrons. The van der Waals surface area contributed by atoms with Crippen LogP contribution >= 0.6 is 11.6 Å². The Balaban J connectivity index is 1.67. The number of rotatable bonds is 3. The Hall–Kier alpha value is -1.08. The molecule has 2 aromatic rings. The lowest BCUT2D eigenvalue weighted by Crippen LogP contribution is -2.41. The van der Waals surface area contributed by atoms with E-state index in [1.807, 2.05) is 10.9 Å². The Kier molecular flexibility index (Phi) is 4.60. The quantitative estimate of drug-likeness (QED) is 0.673. The van der Waals surface area contributed by atoms with Gasteiger partial charge in [-0.2, -0.15) is 5.10 Å². The summed E-state index contributed by atoms with van der Waals surface area (Å²) in [7, 11) is -0.450. The Labute approximate surface area is 178 Å². The van der Waals surface area contributed by atoms with Gasteiger partial charge in [-0.15, -0.1) is 0 Å². The highest BCUT2D eigenvalue weighted by atomic mass is 35.5. The molecular weight excluding hydrogens is 387 g/mol. The topological polar surface area (TPSA) is 45.5 Å². The monoisotopic (exact) mass is 416 g/mol. The SMILES string of the molecule is C[C@H]1C[C@H]1c1c(Cl)cc2c(cnn2[C@H]2CCCCO2)c1B1OC(C)(C)C(C)(C)O1. The summed E-state index contributed by atoms with van der Waals surface area (Å²) >= 11 is 6.90. The second-order valence-electron chi connectivity index (χ2n) is 9.94. The summed E-state index contributed by atoms with van der Waals surface area (Å²) in [4.78, 5) is 0. The standard InChI is InChI=1S/C22H30BClN2O3/c1-13-10-14(13)19-16(24)11-17-15(12-25-26(17)18-8-6-7-9-27-18)20(19)23-28-21(2,3)22(4,5)29-23/h11-14,18H,6-10H2,1-5H3/t13-,14+,18+/m0/s1. The van der Waals surface area contributed by atoms with Crippen LogP contribution in [-0.2, 0) is 14.0 Å². The Morgan fingerprint density at radius 3 is 2.45 bits per heavy atom. The van der Waals surface area contributed by atoms with E-state index in [1.54, 1.807) is 0 Å². The van der Waals surface area contributed by atoms with Gasteiger partial charge in [-0.25, -0.2) is 4.68 Å². The first-order valence-corrected chi connectivity index (χ1v) is 11.2. The Morgan fingerprint density at radius 1 is 1.17 bits per heavy atom. The smallest absolute Gasteiger partial charge is 0.399 e. The number of fused-ring (bicyclic) bond motifs is 1. The first-order chi connectivity index (χ1) is 13.7. The molecule has 0 N–H and O–H groups in total. The van der Waals surface area contributed by atoms with E-state index in [-0.39, 0.29) is 6.23 Å². The molecule has 3 fully saturated rings. The summed E-state index contributed by atoms with van der Waals surface area (Å²) in [6.45, 7) is 11.4. The molecule has 29 heavy (non-hydrogen) atoms. The van der Waals surface area contributed by atoms with Crippen molar-refractivity contribution in [3.63, 3.8) is 0 Å². The predicted molar refractivity (Wildman–Crippen MR) is 116 cm³/mol.